The van der Waals surface area contributed by atoms with Crippen LogP contribution >= 0.6 is 15.9 Å². The monoisotopic (exact) mass is 382 g/mol. The zero-order chi connectivity index (χ0) is 16.0. The molecule has 4 nitrogen and oxygen atoms in total. The Balaban J connectivity index is 2.52. The number of rotatable bonds is 2. The van der Waals surface area contributed by atoms with Gasteiger partial charge in [-0.25, -0.2) is 0 Å². The summed E-state index contributed by atoms with van der Waals surface area (Å²) in [6.07, 6.45) is -4.51. The second-order valence-electron chi connectivity index (χ2n) is 4.35. The Morgan fingerprint density at radius 2 is 1.67 bits per heavy atom. The number of aromatic nitrogens is 2. The van der Waals surface area contributed by atoms with Gasteiger partial charge in [0.15, 0.2) is 0 Å². The summed E-state index contributed by atoms with van der Waals surface area (Å²) in [6.45, 7) is 3.17. The number of nitrogens with zero attached hydrogens (tertiary/aromatic N) is 2. The summed E-state index contributed by atoms with van der Waals surface area (Å²) in [5.74, 6) is 0. The van der Waals surface area contributed by atoms with Gasteiger partial charge in [0, 0.05) is 0 Å². The molecular weight excluding hydrogens is 373 g/mol. The summed E-state index contributed by atoms with van der Waals surface area (Å²) in [7, 11) is -4.03. The number of halogens is 4. The Kier molecular flexibility index (Phi) is 3.92. The Labute approximate surface area is 127 Å². The van der Waals surface area contributed by atoms with Crippen LogP contribution in [0.25, 0.3) is 0 Å². The van der Waals surface area contributed by atoms with E-state index in [1.165, 1.54) is 0 Å². The van der Waals surface area contributed by atoms with Crippen LogP contribution in [0.3, 0.4) is 0 Å². The van der Waals surface area contributed by atoms with Crippen molar-refractivity contribution in [2.24, 2.45) is 0 Å². The minimum Gasteiger partial charge on any atom is -0.199 e. The number of alkyl halides is 3. The van der Waals surface area contributed by atoms with E-state index >= 15 is 0 Å². The third-order valence-corrected chi connectivity index (χ3v) is 5.70. The largest absolute Gasteiger partial charge is 0.416 e. The van der Waals surface area contributed by atoms with Gasteiger partial charge < -0.3 is 0 Å². The maximum atomic E-state index is 12.5. The molecule has 21 heavy (non-hydrogen) atoms. The standard InChI is InChI=1S/C12H10BrF3N2O2S/c1-7-11(13)8(2)18(17-7)21(19,20)10-5-3-9(4-6-10)12(14,15)16/h3-6H,1-2H3. The van der Waals surface area contributed by atoms with Crippen LogP contribution < -0.4 is 0 Å². The number of hydrogen-bond acceptors (Lipinski definition) is 3. The maximum absolute atomic E-state index is 12.5. The van der Waals surface area contributed by atoms with Crippen molar-refractivity contribution < 1.29 is 21.6 Å². The van der Waals surface area contributed by atoms with E-state index in [0.717, 1.165) is 28.4 Å². The molecule has 0 amide bonds. The molecule has 0 radical (unpaired) electrons. The molecule has 0 aliphatic heterocycles. The molecule has 2 rings (SSSR count). The van der Waals surface area contributed by atoms with Crippen molar-refractivity contribution in [2.75, 3.05) is 0 Å². The lowest BCUT2D eigenvalue weighted by Crippen LogP contribution is -2.16. The topological polar surface area (TPSA) is 52.0 Å². The van der Waals surface area contributed by atoms with Crippen molar-refractivity contribution in [3.05, 3.63) is 45.7 Å². The van der Waals surface area contributed by atoms with Crippen LogP contribution in [-0.2, 0) is 16.2 Å². The molecule has 2 aromatic rings. The van der Waals surface area contributed by atoms with Crippen molar-refractivity contribution in [3.63, 3.8) is 0 Å². The zero-order valence-corrected chi connectivity index (χ0v) is 13.3. The highest BCUT2D eigenvalue weighted by atomic mass is 79.9. The van der Waals surface area contributed by atoms with Crippen LogP contribution in [0.1, 0.15) is 17.0 Å². The van der Waals surface area contributed by atoms with E-state index in [9.17, 15) is 21.6 Å². The maximum Gasteiger partial charge on any atom is 0.416 e. The summed E-state index contributed by atoms with van der Waals surface area (Å²) < 4.78 is 63.6. The smallest absolute Gasteiger partial charge is 0.199 e. The van der Waals surface area contributed by atoms with Crippen molar-refractivity contribution in [3.8, 4) is 0 Å². The molecule has 0 saturated carbocycles. The first-order valence-electron chi connectivity index (χ1n) is 5.69. The number of aryl methyl sites for hydroxylation is 1. The highest BCUT2D eigenvalue weighted by Crippen LogP contribution is 2.30. The zero-order valence-electron chi connectivity index (χ0n) is 10.9. The van der Waals surface area contributed by atoms with Crippen molar-refractivity contribution >= 4 is 26.0 Å². The molecule has 1 aromatic carbocycles. The molecule has 1 aromatic heterocycles. The van der Waals surface area contributed by atoms with Gasteiger partial charge in [-0.15, -0.1) is 0 Å². The van der Waals surface area contributed by atoms with Gasteiger partial charge in [0.25, 0.3) is 10.0 Å². The Hall–Kier alpha value is -1.35. The summed E-state index contributed by atoms with van der Waals surface area (Å²) >= 11 is 3.21. The normalized spacial score (nSPS) is 12.7. The molecule has 0 unspecified atom stereocenters. The molecule has 0 fully saturated rings. The fourth-order valence-corrected chi connectivity index (χ4v) is 3.48. The lowest BCUT2D eigenvalue weighted by atomic mass is 10.2. The van der Waals surface area contributed by atoms with Gasteiger partial charge in [0.05, 0.1) is 26.3 Å². The average Bonchev–Trinajstić information content (AvgIpc) is 2.66. The molecule has 114 valence electrons. The first kappa shape index (κ1) is 16.0. The van der Waals surface area contributed by atoms with Gasteiger partial charge in [-0.1, -0.05) is 0 Å². The molecule has 0 saturated heterocycles. The minimum atomic E-state index is -4.51. The fraction of sp³-hybridized carbons (Fsp3) is 0.250. The molecule has 0 N–H and O–H groups in total. The lowest BCUT2D eigenvalue weighted by molar-refractivity contribution is -0.137. The highest BCUT2D eigenvalue weighted by molar-refractivity contribution is 9.10. The van der Waals surface area contributed by atoms with E-state index in [-0.39, 0.29) is 4.90 Å². The Morgan fingerprint density at radius 1 is 1.14 bits per heavy atom. The van der Waals surface area contributed by atoms with Crippen molar-refractivity contribution in [1.82, 2.24) is 9.19 Å². The van der Waals surface area contributed by atoms with E-state index in [0.29, 0.717) is 15.9 Å². The van der Waals surface area contributed by atoms with Crippen LogP contribution in [0.2, 0.25) is 0 Å². The average molecular weight is 383 g/mol. The molecule has 0 aliphatic carbocycles. The highest BCUT2D eigenvalue weighted by Gasteiger charge is 2.31. The predicted molar refractivity (Wildman–Crippen MR) is 73.4 cm³/mol. The quantitative estimate of drug-likeness (QED) is 0.798. The third-order valence-electron chi connectivity index (χ3n) is 2.87. The molecule has 0 bridgehead atoms. The van der Waals surface area contributed by atoms with Gasteiger partial charge in [-0.3, -0.25) is 0 Å². The van der Waals surface area contributed by atoms with Gasteiger partial charge in [-0.05, 0) is 54.0 Å². The van der Waals surface area contributed by atoms with E-state index in [1.807, 2.05) is 0 Å². The SMILES string of the molecule is Cc1nn(S(=O)(=O)c2ccc(C(F)(F)F)cc2)c(C)c1Br. The van der Waals surface area contributed by atoms with Crippen LogP contribution in [0.4, 0.5) is 13.2 Å². The van der Waals surface area contributed by atoms with E-state index in [4.69, 9.17) is 0 Å². The predicted octanol–water partition coefficient (Wildman–Crippen LogP) is 3.52. The summed E-state index contributed by atoms with van der Waals surface area (Å²) in [6, 6.07) is 3.30. The number of hydrogen-bond donors (Lipinski definition) is 0. The van der Waals surface area contributed by atoms with Crippen molar-refractivity contribution in [1.29, 1.82) is 0 Å². The molecule has 0 aliphatic rings. The number of benzene rings is 1. The van der Waals surface area contributed by atoms with Crippen LogP contribution in [-0.4, -0.2) is 17.6 Å². The van der Waals surface area contributed by atoms with Gasteiger partial charge in [0.2, 0.25) is 0 Å². The first-order valence-corrected chi connectivity index (χ1v) is 7.93. The Morgan fingerprint density at radius 3 is 2.05 bits per heavy atom. The van der Waals surface area contributed by atoms with Crippen LogP contribution in [0.5, 0.6) is 0 Å². The fourth-order valence-electron chi connectivity index (χ4n) is 1.75. The second-order valence-corrected chi connectivity index (χ2v) is 6.92. The van der Waals surface area contributed by atoms with Gasteiger partial charge in [0.1, 0.15) is 0 Å². The second kappa shape index (κ2) is 5.13. The van der Waals surface area contributed by atoms with E-state index in [1.54, 1.807) is 13.8 Å². The van der Waals surface area contributed by atoms with Gasteiger partial charge in [-0.2, -0.15) is 30.8 Å². The summed E-state index contributed by atoms with van der Waals surface area (Å²) in [5.41, 5.74) is -0.0774. The van der Waals surface area contributed by atoms with Crippen molar-refractivity contribution in [2.45, 2.75) is 24.9 Å². The van der Waals surface area contributed by atoms with Crippen LogP contribution in [0, 0.1) is 13.8 Å². The molecule has 1 heterocycles. The lowest BCUT2D eigenvalue weighted by Gasteiger charge is -2.09. The molecular formula is C12H10BrF3N2O2S. The first-order chi connectivity index (χ1) is 9.55. The molecule has 0 atom stereocenters. The molecule has 0 spiro atoms. The van der Waals surface area contributed by atoms with E-state index < -0.39 is 21.8 Å². The van der Waals surface area contributed by atoms with Crippen LogP contribution in [0.15, 0.2) is 33.6 Å². The summed E-state index contributed by atoms with van der Waals surface area (Å²) in [4.78, 5) is -0.256. The third kappa shape index (κ3) is 2.84. The van der Waals surface area contributed by atoms with E-state index in [2.05, 4.69) is 21.0 Å². The molecule has 9 heteroatoms. The Bertz CT molecular complexity index is 780. The van der Waals surface area contributed by atoms with Gasteiger partial charge >= 0.3 is 6.18 Å². The minimum absolute atomic E-state index is 0.256. The summed E-state index contributed by atoms with van der Waals surface area (Å²) in [5, 5.41) is 3.89.